The highest BCUT2D eigenvalue weighted by Crippen LogP contribution is 2.31. The topological polar surface area (TPSA) is 35.0 Å². The second kappa shape index (κ2) is 5.23. The molecule has 0 radical (unpaired) electrons. The van der Waals surface area contributed by atoms with Crippen molar-refractivity contribution in [3.63, 3.8) is 0 Å². The molecule has 0 spiro atoms. The molecular formula is C10H15ClN2OS. The van der Waals surface area contributed by atoms with Crippen molar-refractivity contribution in [2.45, 2.75) is 38.2 Å². The van der Waals surface area contributed by atoms with E-state index in [2.05, 4.69) is 17.1 Å². The Morgan fingerprint density at radius 2 is 2.40 bits per heavy atom. The third-order valence-corrected chi connectivity index (χ3v) is 3.97. The third-order valence-electron chi connectivity index (χ3n) is 2.55. The fraction of sp³-hybridized carbons (Fsp3) is 0.800. The van der Waals surface area contributed by atoms with Gasteiger partial charge >= 0.3 is 0 Å². The monoisotopic (exact) mass is 246 g/mol. The van der Waals surface area contributed by atoms with E-state index in [0.29, 0.717) is 17.9 Å². The van der Waals surface area contributed by atoms with E-state index in [1.54, 1.807) is 11.3 Å². The normalized spacial score (nSPS) is 26.0. The van der Waals surface area contributed by atoms with Crippen LogP contribution in [0.5, 0.6) is 0 Å². The molecule has 1 aliphatic rings. The first-order valence-electron chi connectivity index (χ1n) is 5.29. The van der Waals surface area contributed by atoms with Gasteiger partial charge in [0.1, 0.15) is 10.0 Å². The molecule has 0 bridgehead atoms. The molecule has 2 rings (SSSR count). The Kier molecular flexibility index (Phi) is 3.94. The molecule has 1 fully saturated rings. The zero-order valence-electron chi connectivity index (χ0n) is 8.78. The van der Waals surface area contributed by atoms with Crippen LogP contribution in [-0.2, 0) is 11.2 Å². The molecule has 1 aliphatic heterocycles. The lowest BCUT2D eigenvalue weighted by molar-refractivity contribution is 0.123. The van der Waals surface area contributed by atoms with Crippen LogP contribution in [0.1, 0.15) is 35.7 Å². The van der Waals surface area contributed by atoms with Gasteiger partial charge < -0.3 is 4.74 Å². The van der Waals surface area contributed by atoms with Gasteiger partial charge in [-0.15, -0.1) is 33.1 Å². The summed E-state index contributed by atoms with van der Waals surface area (Å²) in [4.78, 5) is 0. The molecule has 0 N–H and O–H groups in total. The highest BCUT2D eigenvalue weighted by molar-refractivity contribution is 7.11. The lowest BCUT2D eigenvalue weighted by atomic mass is 10.1. The van der Waals surface area contributed by atoms with Crippen LogP contribution < -0.4 is 0 Å². The largest absolute Gasteiger partial charge is 0.378 e. The van der Waals surface area contributed by atoms with Gasteiger partial charge in [0.2, 0.25) is 0 Å². The molecule has 1 aromatic heterocycles. The number of rotatable bonds is 4. The van der Waals surface area contributed by atoms with E-state index in [0.717, 1.165) is 35.9 Å². The molecule has 1 aromatic rings. The van der Waals surface area contributed by atoms with Crippen LogP contribution in [-0.4, -0.2) is 28.8 Å². The van der Waals surface area contributed by atoms with Crippen LogP contribution >= 0.6 is 22.9 Å². The van der Waals surface area contributed by atoms with Crippen molar-refractivity contribution in [1.29, 1.82) is 0 Å². The number of hydrogen-bond acceptors (Lipinski definition) is 4. The number of halogens is 1. The Morgan fingerprint density at radius 3 is 3.07 bits per heavy atom. The van der Waals surface area contributed by atoms with Gasteiger partial charge in [0.25, 0.3) is 0 Å². The molecular weight excluding hydrogens is 232 g/mol. The minimum atomic E-state index is 0.366. The van der Waals surface area contributed by atoms with Gasteiger partial charge in [-0.3, -0.25) is 0 Å². The molecule has 2 atom stereocenters. The molecule has 1 saturated heterocycles. The van der Waals surface area contributed by atoms with Crippen molar-refractivity contribution in [1.82, 2.24) is 10.2 Å². The minimum Gasteiger partial charge on any atom is -0.378 e. The lowest BCUT2D eigenvalue weighted by Gasteiger charge is -1.99. The van der Waals surface area contributed by atoms with Crippen molar-refractivity contribution in [3.8, 4) is 0 Å². The van der Waals surface area contributed by atoms with Gasteiger partial charge in [-0.1, -0.05) is 0 Å². The Labute approximate surface area is 98.8 Å². The molecule has 0 saturated carbocycles. The molecule has 0 aromatic carbocycles. The van der Waals surface area contributed by atoms with Crippen molar-refractivity contribution >= 4 is 22.9 Å². The smallest absolute Gasteiger partial charge is 0.122 e. The first-order chi connectivity index (χ1) is 7.29. The Balaban J connectivity index is 1.94. The number of aryl methyl sites for hydroxylation is 1. The molecule has 2 heterocycles. The van der Waals surface area contributed by atoms with Crippen molar-refractivity contribution < 1.29 is 4.74 Å². The zero-order chi connectivity index (χ0) is 10.7. The van der Waals surface area contributed by atoms with Crippen LogP contribution in [0.2, 0.25) is 0 Å². The van der Waals surface area contributed by atoms with Gasteiger partial charge in [-0.05, 0) is 19.8 Å². The van der Waals surface area contributed by atoms with E-state index in [4.69, 9.17) is 16.3 Å². The predicted octanol–water partition coefficient (Wildman–Crippen LogP) is 2.60. The fourth-order valence-electron chi connectivity index (χ4n) is 1.74. The predicted molar refractivity (Wildman–Crippen MR) is 61.7 cm³/mol. The van der Waals surface area contributed by atoms with E-state index in [1.165, 1.54) is 0 Å². The summed E-state index contributed by atoms with van der Waals surface area (Å²) in [5.74, 6) is 1.15. The van der Waals surface area contributed by atoms with Crippen LogP contribution in [0.3, 0.4) is 0 Å². The summed E-state index contributed by atoms with van der Waals surface area (Å²) in [7, 11) is 0. The maximum Gasteiger partial charge on any atom is 0.122 e. The first kappa shape index (κ1) is 11.3. The second-order valence-electron chi connectivity index (χ2n) is 3.90. The van der Waals surface area contributed by atoms with Crippen LogP contribution in [0.15, 0.2) is 0 Å². The second-order valence-corrected chi connectivity index (χ2v) is 5.37. The van der Waals surface area contributed by atoms with Gasteiger partial charge in [0, 0.05) is 18.2 Å². The average Bonchev–Trinajstić information content (AvgIpc) is 2.83. The maximum absolute atomic E-state index is 5.64. The van der Waals surface area contributed by atoms with Crippen molar-refractivity contribution in [3.05, 3.63) is 10.0 Å². The van der Waals surface area contributed by atoms with E-state index in [-0.39, 0.29) is 0 Å². The number of hydrogen-bond donors (Lipinski definition) is 0. The summed E-state index contributed by atoms with van der Waals surface area (Å²) in [5, 5.41) is 10.6. The number of aromatic nitrogens is 2. The number of ether oxygens (including phenoxy) is 1. The number of nitrogens with zero attached hydrogens (tertiary/aromatic N) is 2. The molecule has 84 valence electrons. The molecule has 15 heavy (non-hydrogen) atoms. The zero-order valence-corrected chi connectivity index (χ0v) is 10.4. The summed E-state index contributed by atoms with van der Waals surface area (Å²) < 4.78 is 5.53. The highest BCUT2D eigenvalue weighted by atomic mass is 35.5. The number of alkyl halides is 1. The van der Waals surface area contributed by atoms with Crippen molar-refractivity contribution in [2.24, 2.45) is 0 Å². The lowest BCUT2D eigenvalue weighted by Crippen LogP contribution is -1.97. The van der Waals surface area contributed by atoms with E-state index >= 15 is 0 Å². The van der Waals surface area contributed by atoms with Crippen LogP contribution in [0.25, 0.3) is 0 Å². The van der Waals surface area contributed by atoms with Gasteiger partial charge in [-0.2, -0.15) is 0 Å². The first-order valence-corrected chi connectivity index (χ1v) is 6.64. The van der Waals surface area contributed by atoms with Crippen LogP contribution in [0.4, 0.5) is 0 Å². The maximum atomic E-state index is 5.64. The standard InChI is InChI=1S/C10H15ClN2OS/c1-7-5-8(6-14-7)10-13-12-9(15-10)3-2-4-11/h7-8H,2-6H2,1H3. The van der Waals surface area contributed by atoms with Crippen molar-refractivity contribution in [2.75, 3.05) is 12.5 Å². The fourth-order valence-corrected chi connectivity index (χ4v) is 2.86. The molecule has 3 nitrogen and oxygen atoms in total. The van der Waals surface area contributed by atoms with Gasteiger partial charge in [-0.25, -0.2) is 0 Å². The summed E-state index contributed by atoms with van der Waals surface area (Å²) in [6.45, 7) is 2.90. The van der Waals surface area contributed by atoms with Gasteiger partial charge in [0.05, 0.1) is 12.7 Å². The van der Waals surface area contributed by atoms with E-state index < -0.39 is 0 Å². The molecule has 2 unspecified atom stereocenters. The van der Waals surface area contributed by atoms with E-state index in [1.807, 2.05) is 0 Å². The third kappa shape index (κ3) is 2.89. The molecule has 5 heteroatoms. The van der Waals surface area contributed by atoms with Gasteiger partial charge in [0.15, 0.2) is 0 Å². The summed E-state index contributed by atoms with van der Waals surface area (Å²) in [5.41, 5.74) is 0. The van der Waals surface area contributed by atoms with E-state index in [9.17, 15) is 0 Å². The Bertz CT molecular complexity index is 318. The molecule has 0 aliphatic carbocycles. The summed E-state index contributed by atoms with van der Waals surface area (Å²) >= 11 is 7.35. The minimum absolute atomic E-state index is 0.366. The molecule has 0 amide bonds. The Morgan fingerprint density at radius 1 is 1.53 bits per heavy atom. The highest BCUT2D eigenvalue weighted by Gasteiger charge is 2.26. The SMILES string of the molecule is CC1CC(c2nnc(CCCCl)s2)CO1. The quantitative estimate of drug-likeness (QED) is 0.766. The van der Waals surface area contributed by atoms with Crippen LogP contribution in [0, 0.1) is 0 Å². The summed E-state index contributed by atoms with van der Waals surface area (Å²) in [6.07, 6.45) is 3.37. The average molecular weight is 247 g/mol. The summed E-state index contributed by atoms with van der Waals surface area (Å²) in [6, 6.07) is 0. The Hall–Kier alpha value is -0.190.